The van der Waals surface area contributed by atoms with E-state index in [-0.39, 0.29) is 0 Å². The first-order chi connectivity index (χ1) is 13.2. The van der Waals surface area contributed by atoms with Crippen molar-refractivity contribution in [3.05, 3.63) is 59.2 Å². The summed E-state index contributed by atoms with van der Waals surface area (Å²) in [6, 6.07) is 14.6. The van der Waals surface area contributed by atoms with Gasteiger partial charge in [-0.3, -0.25) is 4.79 Å². The average molecular weight is 421 g/mol. The van der Waals surface area contributed by atoms with E-state index in [0.717, 1.165) is 22.7 Å². The number of hydrogen-bond acceptors (Lipinski definition) is 1. The van der Waals surface area contributed by atoms with Gasteiger partial charge in [0.2, 0.25) is 0 Å². The number of halogens is 1. The van der Waals surface area contributed by atoms with E-state index in [9.17, 15) is 4.79 Å². The second kappa shape index (κ2) is 12.7. The molecule has 1 nitrogen and oxygen atoms in total. The van der Waals surface area contributed by atoms with E-state index >= 15 is 0 Å². The number of carbonyl (C=O) groups is 1. The summed E-state index contributed by atoms with van der Waals surface area (Å²) in [6.45, 7) is 4.53. The largest absolute Gasteiger partial charge is 0.276 e. The van der Waals surface area contributed by atoms with Crippen LogP contribution >= 0.6 is 28.8 Å². The maximum Gasteiger partial charge on any atom is 0.252 e. The predicted octanol–water partition coefficient (Wildman–Crippen LogP) is 7.69. The van der Waals surface area contributed by atoms with Gasteiger partial charge in [-0.15, -0.1) is 17.2 Å². The van der Waals surface area contributed by atoms with E-state index < -0.39 is 5.24 Å². The predicted molar refractivity (Wildman–Crippen MR) is 126 cm³/mol. The monoisotopic (exact) mass is 420 g/mol. The Bertz CT molecular complexity index is 713. The minimum Gasteiger partial charge on any atom is -0.276 e. The van der Waals surface area contributed by atoms with Gasteiger partial charge < -0.3 is 0 Å². The Morgan fingerprint density at radius 2 is 1.37 bits per heavy atom. The molecule has 0 bridgehead atoms. The lowest BCUT2D eigenvalue weighted by Crippen LogP contribution is -1.93. The molecule has 146 valence electrons. The van der Waals surface area contributed by atoms with E-state index in [1.165, 1.54) is 67.0 Å². The molecule has 2 atom stereocenters. The summed E-state index contributed by atoms with van der Waals surface area (Å²) >= 11 is 5.56. The van der Waals surface area contributed by atoms with Crippen LogP contribution in [0.4, 0.5) is 0 Å². The van der Waals surface area contributed by atoms with Crippen molar-refractivity contribution >= 4 is 34.0 Å². The first-order valence-corrected chi connectivity index (χ1v) is 13.2. The number of benzene rings is 2. The number of carbonyl (C=O) groups excluding carboxylic acids is 1. The minimum absolute atomic E-state index is 0.400. The van der Waals surface area contributed by atoms with E-state index in [2.05, 4.69) is 32.0 Å². The summed E-state index contributed by atoms with van der Waals surface area (Å²) in [6.07, 6.45) is 10.3. The van der Waals surface area contributed by atoms with Crippen LogP contribution in [0.2, 0.25) is 0 Å². The van der Waals surface area contributed by atoms with Crippen LogP contribution in [0, 0.1) is 0 Å². The van der Waals surface area contributed by atoms with Gasteiger partial charge in [0, 0.05) is 5.56 Å². The maximum absolute atomic E-state index is 11.3. The number of rotatable bonds is 12. The number of unbranched alkanes of at least 4 members (excludes halogenated alkanes) is 2. The fraction of sp³-hybridized carbons (Fsp3) is 0.435. The second-order valence-electron chi connectivity index (χ2n) is 6.90. The molecule has 0 aliphatic heterocycles. The number of hydrogen-bond donors (Lipinski definition) is 0. The van der Waals surface area contributed by atoms with Gasteiger partial charge in [0.25, 0.3) is 5.24 Å². The quantitative estimate of drug-likeness (QED) is 0.195. The smallest absolute Gasteiger partial charge is 0.252 e. The Balaban J connectivity index is 2.16. The first-order valence-electron chi connectivity index (χ1n) is 9.99. The van der Waals surface area contributed by atoms with Crippen LogP contribution in [0.5, 0.6) is 0 Å². The Kier molecular flexibility index (Phi) is 10.6. The Hall–Kier alpha value is -0.740. The van der Waals surface area contributed by atoms with Crippen LogP contribution in [0.15, 0.2) is 42.5 Å². The lowest BCUT2D eigenvalue weighted by molar-refractivity contribution is 0.108. The van der Waals surface area contributed by atoms with Gasteiger partial charge in [-0.05, 0) is 83.5 Å². The van der Waals surface area contributed by atoms with E-state index in [1.807, 2.05) is 24.3 Å². The van der Waals surface area contributed by atoms with Crippen molar-refractivity contribution in [1.29, 1.82) is 0 Å². The van der Waals surface area contributed by atoms with Crippen molar-refractivity contribution in [1.82, 2.24) is 0 Å². The highest BCUT2D eigenvalue weighted by molar-refractivity contribution is 7.37. The van der Waals surface area contributed by atoms with Crippen molar-refractivity contribution in [2.24, 2.45) is 0 Å². The summed E-state index contributed by atoms with van der Waals surface area (Å²) in [5.41, 5.74) is 5.98. The highest BCUT2D eigenvalue weighted by atomic mass is 35.5. The normalized spacial score (nSPS) is 11.8. The molecule has 2 aromatic rings. The molecule has 2 unspecified atom stereocenters. The van der Waals surface area contributed by atoms with Crippen molar-refractivity contribution in [2.45, 2.75) is 51.9 Å². The summed E-state index contributed by atoms with van der Waals surface area (Å²) in [7, 11) is 2.04. The molecule has 0 amide bonds. The molecule has 2 aromatic carbocycles. The zero-order chi connectivity index (χ0) is 19.5. The van der Waals surface area contributed by atoms with Gasteiger partial charge in [-0.25, -0.2) is 0 Å². The van der Waals surface area contributed by atoms with Gasteiger partial charge in [0.1, 0.15) is 0 Å². The lowest BCUT2D eigenvalue weighted by atomic mass is 9.99. The molecule has 0 fully saturated rings. The molecule has 27 heavy (non-hydrogen) atoms. The molecule has 0 heterocycles. The van der Waals surface area contributed by atoms with Crippen molar-refractivity contribution in [2.75, 3.05) is 12.3 Å². The molecule has 0 radical (unpaired) electrons. The average Bonchev–Trinajstić information content (AvgIpc) is 2.69. The highest BCUT2D eigenvalue weighted by Gasteiger charge is 2.07. The molecule has 0 spiro atoms. The Morgan fingerprint density at radius 1 is 0.815 bits per heavy atom. The molecule has 2 rings (SSSR count). The van der Waals surface area contributed by atoms with Gasteiger partial charge in [-0.2, -0.15) is 0 Å². The van der Waals surface area contributed by atoms with Gasteiger partial charge >= 0.3 is 0 Å². The Morgan fingerprint density at radius 3 is 1.93 bits per heavy atom. The summed E-state index contributed by atoms with van der Waals surface area (Å²) < 4.78 is 0. The third kappa shape index (κ3) is 7.65. The summed E-state index contributed by atoms with van der Waals surface area (Å²) in [5, 5.41) is -0.400. The first kappa shape index (κ1) is 22.5. The third-order valence-corrected chi connectivity index (χ3v) is 7.59. The van der Waals surface area contributed by atoms with Gasteiger partial charge in [0.15, 0.2) is 0 Å². The maximum atomic E-state index is 11.3. The van der Waals surface area contributed by atoms with Crippen molar-refractivity contribution in [3.63, 3.8) is 0 Å². The van der Waals surface area contributed by atoms with Gasteiger partial charge in [0.05, 0.1) is 0 Å². The minimum atomic E-state index is -0.400. The summed E-state index contributed by atoms with van der Waals surface area (Å²) in [5.74, 6) is 0. The molecule has 0 aromatic heterocycles. The molecule has 0 aliphatic rings. The molecule has 0 N–H and O–H groups in total. The lowest BCUT2D eigenvalue weighted by Gasteiger charge is -2.13. The molecular formula is C23H31ClOP2. The topological polar surface area (TPSA) is 17.1 Å². The van der Waals surface area contributed by atoms with Crippen LogP contribution in [-0.4, -0.2) is 17.6 Å². The van der Waals surface area contributed by atoms with Crippen LogP contribution < -0.4 is 0 Å². The molecule has 0 saturated heterocycles. The van der Waals surface area contributed by atoms with Crippen LogP contribution in [0.25, 0.3) is 11.1 Å². The fourth-order valence-corrected chi connectivity index (χ4v) is 5.89. The second-order valence-corrected chi connectivity index (χ2v) is 9.95. The third-order valence-electron chi connectivity index (χ3n) is 4.70. The van der Waals surface area contributed by atoms with E-state index in [0.29, 0.717) is 5.56 Å². The van der Waals surface area contributed by atoms with Crippen LogP contribution in [0.1, 0.15) is 61.0 Å². The Labute approximate surface area is 173 Å². The van der Waals surface area contributed by atoms with Crippen molar-refractivity contribution in [3.8, 4) is 11.1 Å². The molecular weight excluding hydrogens is 390 g/mol. The molecule has 0 saturated carbocycles. The zero-order valence-corrected chi connectivity index (χ0v) is 19.2. The SMILES string of the molecule is CCCCPCc1ccc(-c2ccc(C(=O)Cl)cc2)cc1CPCCCC. The van der Waals surface area contributed by atoms with Gasteiger partial charge in [-0.1, -0.05) is 57.0 Å². The summed E-state index contributed by atoms with van der Waals surface area (Å²) in [4.78, 5) is 11.3. The van der Waals surface area contributed by atoms with Crippen molar-refractivity contribution < 1.29 is 4.79 Å². The van der Waals surface area contributed by atoms with Crippen LogP contribution in [-0.2, 0) is 12.3 Å². The van der Waals surface area contributed by atoms with Crippen LogP contribution in [0.3, 0.4) is 0 Å². The van der Waals surface area contributed by atoms with E-state index in [4.69, 9.17) is 11.6 Å². The molecule has 4 heteroatoms. The molecule has 0 aliphatic carbocycles. The standard InChI is InChI=1S/C23H31ClOP2/c1-3-5-13-26-16-21-12-11-20(15-22(21)17-27-14-6-4-2)18-7-9-19(10-8-18)23(24)25/h7-12,15,26-27H,3-6,13-14,16-17H2,1-2H3. The zero-order valence-electron chi connectivity index (χ0n) is 16.5. The highest BCUT2D eigenvalue weighted by Crippen LogP contribution is 2.31. The fourth-order valence-electron chi connectivity index (χ4n) is 2.99. The van der Waals surface area contributed by atoms with E-state index in [1.54, 1.807) is 0 Å².